The van der Waals surface area contributed by atoms with Crippen LogP contribution >= 0.6 is 0 Å². The number of carboxylic acid groups (broad SMARTS) is 1. The van der Waals surface area contributed by atoms with Gasteiger partial charge in [-0.25, -0.2) is 4.79 Å². The van der Waals surface area contributed by atoms with Gasteiger partial charge in [-0.3, -0.25) is 4.79 Å². The van der Waals surface area contributed by atoms with Crippen LogP contribution in [0.5, 0.6) is 0 Å². The number of aliphatic carboxylic acids is 1. The number of benzene rings is 1. The predicted octanol–water partition coefficient (Wildman–Crippen LogP) is 1.93. The van der Waals surface area contributed by atoms with Gasteiger partial charge in [0.25, 0.3) is 5.91 Å². The Hall–Kier alpha value is -2.14. The number of nitrogens with zero attached hydrogens (tertiary/aromatic N) is 1. The van der Waals surface area contributed by atoms with E-state index >= 15 is 0 Å². The van der Waals surface area contributed by atoms with E-state index in [-0.39, 0.29) is 11.5 Å². The van der Waals surface area contributed by atoms with Gasteiger partial charge in [-0.15, -0.1) is 0 Å². The number of fused-ring (bicyclic) bond motifs is 1. The van der Waals surface area contributed by atoms with Gasteiger partial charge in [0.2, 0.25) is 0 Å². The Bertz CT molecular complexity index is 602. The minimum Gasteiger partial charge on any atom is -0.478 e. The maximum absolute atomic E-state index is 12.5. The first kappa shape index (κ1) is 13.8. The largest absolute Gasteiger partial charge is 0.478 e. The second kappa shape index (κ2) is 5.69. The Kier molecular flexibility index (Phi) is 3.75. The minimum atomic E-state index is -1.10. The Balaban J connectivity index is 1.91. The summed E-state index contributed by atoms with van der Waals surface area (Å²) in [7, 11) is 0. The van der Waals surface area contributed by atoms with Gasteiger partial charge in [-0.05, 0) is 24.8 Å². The topological polar surface area (TPSA) is 66.8 Å². The molecule has 5 nitrogen and oxygen atoms in total. The molecule has 0 unspecified atom stereocenters. The molecule has 2 heterocycles. The second-order valence-electron chi connectivity index (χ2n) is 5.38. The third kappa shape index (κ3) is 2.69. The third-order valence-electron chi connectivity index (χ3n) is 4.01. The summed E-state index contributed by atoms with van der Waals surface area (Å²) in [5.41, 5.74) is 1.78. The Morgan fingerprint density at radius 1 is 1.33 bits per heavy atom. The monoisotopic (exact) mass is 287 g/mol. The smallest absolute Gasteiger partial charge is 0.329 e. The zero-order valence-electron chi connectivity index (χ0n) is 11.6. The van der Waals surface area contributed by atoms with Crippen molar-refractivity contribution in [3.8, 4) is 0 Å². The van der Waals surface area contributed by atoms with E-state index in [1.54, 1.807) is 11.0 Å². The molecule has 1 fully saturated rings. The van der Waals surface area contributed by atoms with Crippen LogP contribution in [-0.4, -0.2) is 36.7 Å². The molecule has 0 atom stereocenters. The fraction of sp³-hybridized carbons (Fsp3) is 0.375. The van der Waals surface area contributed by atoms with Crippen molar-refractivity contribution in [2.75, 3.05) is 24.7 Å². The lowest BCUT2D eigenvalue weighted by Gasteiger charge is -2.27. The van der Waals surface area contributed by atoms with Crippen LogP contribution in [0.1, 0.15) is 18.4 Å². The first-order valence-corrected chi connectivity index (χ1v) is 7.10. The molecule has 3 rings (SSSR count). The highest BCUT2D eigenvalue weighted by Gasteiger charge is 2.34. The van der Waals surface area contributed by atoms with Crippen molar-refractivity contribution in [1.82, 2.24) is 0 Å². The van der Waals surface area contributed by atoms with Gasteiger partial charge < -0.3 is 14.7 Å². The number of carbonyl (C=O) groups is 2. The van der Waals surface area contributed by atoms with E-state index in [0.717, 1.165) is 37.8 Å². The molecule has 1 amide bonds. The molecule has 1 N–H and O–H groups in total. The zero-order chi connectivity index (χ0) is 14.8. The van der Waals surface area contributed by atoms with Crippen molar-refractivity contribution in [2.45, 2.75) is 12.8 Å². The summed E-state index contributed by atoms with van der Waals surface area (Å²) in [6.07, 6.45) is 2.87. The molecule has 0 spiro atoms. The molecule has 5 heteroatoms. The second-order valence-corrected chi connectivity index (χ2v) is 5.38. The van der Waals surface area contributed by atoms with E-state index in [4.69, 9.17) is 9.84 Å². The van der Waals surface area contributed by atoms with Crippen LogP contribution in [0.25, 0.3) is 5.57 Å². The van der Waals surface area contributed by atoms with E-state index in [1.165, 1.54) is 0 Å². The lowest BCUT2D eigenvalue weighted by Crippen LogP contribution is -2.34. The summed E-state index contributed by atoms with van der Waals surface area (Å²) in [5, 5.41) is 8.96. The molecular weight excluding hydrogens is 270 g/mol. The normalized spacial score (nSPS) is 20.9. The summed E-state index contributed by atoms with van der Waals surface area (Å²) < 4.78 is 5.34. The first-order chi connectivity index (χ1) is 10.2. The number of anilines is 1. The quantitative estimate of drug-likeness (QED) is 0.863. The van der Waals surface area contributed by atoms with E-state index in [1.807, 2.05) is 18.2 Å². The van der Waals surface area contributed by atoms with Crippen molar-refractivity contribution in [3.63, 3.8) is 0 Å². The molecule has 1 aromatic rings. The van der Waals surface area contributed by atoms with Crippen molar-refractivity contribution in [2.24, 2.45) is 5.92 Å². The van der Waals surface area contributed by atoms with Crippen LogP contribution in [0.4, 0.5) is 5.69 Å². The number of hydrogen-bond donors (Lipinski definition) is 1. The third-order valence-corrected chi connectivity index (χ3v) is 4.01. The maximum Gasteiger partial charge on any atom is 0.329 e. The van der Waals surface area contributed by atoms with E-state index in [0.29, 0.717) is 18.0 Å². The fourth-order valence-corrected chi connectivity index (χ4v) is 2.94. The first-order valence-electron chi connectivity index (χ1n) is 7.10. The van der Waals surface area contributed by atoms with E-state index in [2.05, 4.69) is 0 Å². The Labute approximate surface area is 122 Å². The molecule has 1 saturated heterocycles. The summed E-state index contributed by atoms with van der Waals surface area (Å²) in [6.45, 7) is 2.08. The van der Waals surface area contributed by atoms with Gasteiger partial charge >= 0.3 is 5.97 Å². The highest BCUT2D eigenvalue weighted by molar-refractivity contribution is 6.34. The molecular formula is C16H17NO4. The number of rotatable bonds is 3. The van der Waals surface area contributed by atoms with Gasteiger partial charge in [0.1, 0.15) is 0 Å². The highest BCUT2D eigenvalue weighted by atomic mass is 16.5. The molecule has 1 aromatic carbocycles. The van der Waals surface area contributed by atoms with Crippen LogP contribution in [0.2, 0.25) is 0 Å². The molecule has 0 saturated carbocycles. The average molecular weight is 287 g/mol. The fourth-order valence-electron chi connectivity index (χ4n) is 2.94. The molecule has 2 aliphatic rings. The van der Waals surface area contributed by atoms with Gasteiger partial charge in [0, 0.05) is 31.4 Å². The number of para-hydroxylation sites is 1. The number of hydrogen-bond acceptors (Lipinski definition) is 3. The predicted molar refractivity (Wildman–Crippen MR) is 78.0 cm³/mol. The molecule has 0 aromatic heterocycles. The van der Waals surface area contributed by atoms with Gasteiger partial charge in [-0.1, -0.05) is 18.2 Å². The Morgan fingerprint density at radius 3 is 2.76 bits per heavy atom. The maximum atomic E-state index is 12.5. The Morgan fingerprint density at radius 2 is 2.05 bits per heavy atom. The van der Waals surface area contributed by atoms with Crippen molar-refractivity contribution >= 4 is 23.1 Å². The number of carboxylic acids is 1. The van der Waals surface area contributed by atoms with Crippen LogP contribution in [-0.2, 0) is 14.3 Å². The van der Waals surface area contributed by atoms with Crippen molar-refractivity contribution in [1.29, 1.82) is 0 Å². The molecule has 2 aliphatic heterocycles. The molecule has 0 radical (unpaired) electrons. The number of carbonyl (C=O) groups excluding carboxylic acids is 1. The van der Waals surface area contributed by atoms with Gasteiger partial charge in [-0.2, -0.15) is 0 Å². The minimum absolute atomic E-state index is 0.218. The van der Waals surface area contributed by atoms with Gasteiger partial charge in [0.15, 0.2) is 0 Å². The highest BCUT2D eigenvalue weighted by Crippen LogP contribution is 2.37. The standard InChI is InChI=1S/C16H17NO4/c18-15(19)9-13-12-3-1-2-4-14(12)17(16(13)20)10-11-5-7-21-8-6-11/h1-4,9,11H,5-8,10H2,(H,18,19)/b13-9+. The SMILES string of the molecule is O=C(O)/C=C1/C(=O)N(CC2CCOCC2)c2ccccc21. The van der Waals surface area contributed by atoms with Crippen molar-refractivity contribution in [3.05, 3.63) is 35.9 Å². The van der Waals surface area contributed by atoms with Crippen LogP contribution < -0.4 is 4.90 Å². The molecule has 0 bridgehead atoms. The lowest BCUT2D eigenvalue weighted by atomic mass is 10.00. The number of amides is 1. The number of ether oxygens (including phenoxy) is 1. The van der Waals surface area contributed by atoms with Crippen LogP contribution in [0, 0.1) is 5.92 Å². The lowest BCUT2D eigenvalue weighted by molar-refractivity contribution is -0.131. The molecule has 0 aliphatic carbocycles. The summed E-state index contributed by atoms with van der Waals surface area (Å²) in [4.78, 5) is 25.2. The van der Waals surface area contributed by atoms with Crippen LogP contribution in [0.3, 0.4) is 0 Å². The average Bonchev–Trinajstić information content (AvgIpc) is 2.74. The zero-order valence-corrected chi connectivity index (χ0v) is 11.6. The molecule has 110 valence electrons. The van der Waals surface area contributed by atoms with Crippen LogP contribution in [0.15, 0.2) is 30.3 Å². The molecule has 21 heavy (non-hydrogen) atoms. The van der Waals surface area contributed by atoms with E-state index < -0.39 is 5.97 Å². The summed E-state index contributed by atoms with van der Waals surface area (Å²) in [6, 6.07) is 7.35. The van der Waals surface area contributed by atoms with E-state index in [9.17, 15) is 9.59 Å². The summed E-state index contributed by atoms with van der Waals surface area (Å²) in [5.74, 6) is -0.911. The van der Waals surface area contributed by atoms with Gasteiger partial charge in [0.05, 0.1) is 11.3 Å². The van der Waals surface area contributed by atoms with Crippen molar-refractivity contribution < 1.29 is 19.4 Å². The summed E-state index contributed by atoms with van der Waals surface area (Å²) >= 11 is 0.